The highest BCUT2D eigenvalue weighted by Crippen LogP contribution is 2.36. The van der Waals surface area contributed by atoms with Crippen LogP contribution in [0.1, 0.15) is 16.9 Å². The summed E-state index contributed by atoms with van der Waals surface area (Å²) in [5.74, 6) is 2.16. The van der Waals surface area contributed by atoms with Crippen LogP contribution < -0.4 is 19.6 Å². The average molecular weight is 498 g/mol. The van der Waals surface area contributed by atoms with Gasteiger partial charge in [0, 0.05) is 13.1 Å². The molecule has 1 aliphatic heterocycles. The van der Waals surface area contributed by atoms with E-state index in [-0.39, 0.29) is 11.2 Å². The Bertz CT molecular complexity index is 1450. The first-order valence-electron chi connectivity index (χ1n) is 10.6. The van der Waals surface area contributed by atoms with Gasteiger partial charge in [-0.2, -0.15) is 0 Å². The van der Waals surface area contributed by atoms with Crippen LogP contribution in [0.2, 0.25) is 10.0 Å². The number of halogens is 2. The third kappa shape index (κ3) is 4.20. The number of nitrogens with zero attached hydrogens (tertiary/aromatic N) is 1. The van der Waals surface area contributed by atoms with Gasteiger partial charge < -0.3 is 18.6 Å². The zero-order chi connectivity index (χ0) is 23.8. The topological polar surface area (TPSA) is 61.1 Å². The summed E-state index contributed by atoms with van der Waals surface area (Å²) in [6.45, 7) is 3.26. The number of rotatable bonds is 5. The van der Waals surface area contributed by atoms with Crippen molar-refractivity contribution in [3.05, 3.63) is 91.8 Å². The fraction of sp³-hybridized carbons (Fsp3) is 0.192. The molecular weight excluding hydrogens is 477 g/mol. The molecule has 6 nitrogen and oxygen atoms in total. The van der Waals surface area contributed by atoms with E-state index in [2.05, 4.69) is 4.90 Å². The number of hydrogen-bond acceptors (Lipinski definition) is 6. The van der Waals surface area contributed by atoms with E-state index in [0.29, 0.717) is 63.8 Å². The van der Waals surface area contributed by atoms with Gasteiger partial charge in [-0.3, -0.25) is 9.69 Å². The first-order chi connectivity index (χ1) is 16.4. The summed E-state index contributed by atoms with van der Waals surface area (Å²) in [6, 6.07) is 16.2. The van der Waals surface area contributed by atoms with Crippen molar-refractivity contribution in [2.45, 2.75) is 20.0 Å². The Kier molecular flexibility index (Phi) is 6.13. The van der Waals surface area contributed by atoms with Crippen molar-refractivity contribution in [1.82, 2.24) is 4.90 Å². The molecule has 0 aliphatic carbocycles. The molecule has 0 amide bonds. The maximum Gasteiger partial charge on any atom is 0.235 e. The van der Waals surface area contributed by atoms with Crippen molar-refractivity contribution in [3.8, 4) is 23.0 Å². The summed E-state index contributed by atoms with van der Waals surface area (Å²) >= 11 is 12.2. The Labute approximate surface area is 206 Å². The van der Waals surface area contributed by atoms with E-state index in [9.17, 15) is 4.79 Å². The number of aryl methyl sites for hydroxylation is 1. The highest BCUT2D eigenvalue weighted by atomic mass is 35.5. The largest absolute Gasteiger partial charge is 0.493 e. The third-order valence-corrected chi connectivity index (χ3v) is 6.44. The molecule has 0 N–H and O–H groups in total. The summed E-state index contributed by atoms with van der Waals surface area (Å²) in [5, 5.41) is 1.45. The Morgan fingerprint density at radius 2 is 1.82 bits per heavy atom. The lowest BCUT2D eigenvalue weighted by Crippen LogP contribution is -2.31. The van der Waals surface area contributed by atoms with Crippen molar-refractivity contribution in [2.75, 3.05) is 13.8 Å². The minimum atomic E-state index is -0.255. The van der Waals surface area contributed by atoms with Gasteiger partial charge in [0.15, 0.2) is 11.5 Å². The molecule has 3 aromatic carbocycles. The van der Waals surface area contributed by atoms with Gasteiger partial charge in [-0.25, -0.2) is 0 Å². The van der Waals surface area contributed by atoms with Crippen molar-refractivity contribution >= 4 is 34.2 Å². The lowest BCUT2D eigenvalue weighted by Gasteiger charge is -2.29. The van der Waals surface area contributed by atoms with Gasteiger partial charge in [-0.1, -0.05) is 41.4 Å². The van der Waals surface area contributed by atoms with E-state index in [1.165, 1.54) is 0 Å². The minimum absolute atomic E-state index is 0.126. The molecule has 1 aliphatic rings. The Hall–Kier alpha value is -3.19. The first kappa shape index (κ1) is 22.6. The Morgan fingerprint density at radius 3 is 2.59 bits per heavy atom. The fourth-order valence-corrected chi connectivity index (χ4v) is 4.35. The molecule has 5 rings (SSSR count). The van der Waals surface area contributed by atoms with E-state index < -0.39 is 0 Å². The number of ether oxygens (including phenoxy) is 3. The van der Waals surface area contributed by atoms with Crippen LogP contribution in [0.25, 0.3) is 11.0 Å². The molecule has 0 atom stereocenters. The molecule has 174 valence electrons. The van der Waals surface area contributed by atoms with E-state index in [0.717, 1.165) is 11.1 Å². The lowest BCUT2D eigenvalue weighted by molar-refractivity contribution is 0.0889. The van der Waals surface area contributed by atoms with E-state index in [4.69, 9.17) is 41.8 Å². The van der Waals surface area contributed by atoms with Gasteiger partial charge in [0.05, 0.1) is 28.1 Å². The zero-order valence-corrected chi connectivity index (χ0v) is 20.1. The number of para-hydroxylation sites is 2. The van der Waals surface area contributed by atoms with Crippen LogP contribution in [0.5, 0.6) is 23.0 Å². The van der Waals surface area contributed by atoms with Crippen LogP contribution in [0.3, 0.4) is 0 Å². The van der Waals surface area contributed by atoms with Crippen LogP contribution in [0.4, 0.5) is 0 Å². The molecule has 1 aromatic heterocycles. The van der Waals surface area contributed by atoms with Gasteiger partial charge in [-0.15, -0.1) is 0 Å². The average Bonchev–Trinajstić information content (AvgIpc) is 2.84. The summed E-state index contributed by atoms with van der Waals surface area (Å²) in [5.41, 5.74) is 2.06. The summed E-state index contributed by atoms with van der Waals surface area (Å²) < 4.78 is 23.4. The van der Waals surface area contributed by atoms with E-state index >= 15 is 0 Å². The van der Waals surface area contributed by atoms with Crippen LogP contribution in [0.15, 0.2) is 63.8 Å². The molecule has 0 bridgehead atoms. The number of fused-ring (bicyclic) bond motifs is 3. The van der Waals surface area contributed by atoms with Gasteiger partial charge >= 0.3 is 0 Å². The second kappa shape index (κ2) is 9.22. The van der Waals surface area contributed by atoms with Gasteiger partial charge in [0.2, 0.25) is 11.2 Å². The van der Waals surface area contributed by atoms with Crippen LogP contribution >= 0.6 is 23.2 Å². The Morgan fingerprint density at radius 1 is 1.03 bits per heavy atom. The van der Waals surface area contributed by atoms with Gasteiger partial charge in [0.1, 0.15) is 23.8 Å². The monoisotopic (exact) mass is 497 g/mol. The lowest BCUT2D eigenvalue weighted by atomic mass is 10.1. The van der Waals surface area contributed by atoms with Crippen molar-refractivity contribution in [3.63, 3.8) is 0 Å². The van der Waals surface area contributed by atoms with E-state index in [1.807, 2.05) is 24.3 Å². The third-order valence-electron chi connectivity index (χ3n) is 5.70. The minimum Gasteiger partial charge on any atom is -0.493 e. The smallest absolute Gasteiger partial charge is 0.235 e. The highest BCUT2D eigenvalue weighted by Gasteiger charge is 2.24. The first-order valence-corrected chi connectivity index (χ1v) is 11.4. The molecule has 0 fully saturated rings. The maximum atomic E-state index is 13.4. The van der Waals surface area contributed by atoms with Crippen LogP contribution in [-0.4, -0.2) is 18.7 Å². The SMILES string of the molecule is COc1ccccc1Oc1c(C)oc2c3c(ccc2c1=O)OCN(Cc1ccc(Cl)c(Cl)c1)C3. The molecule has 4 aromatic rings. The highest BCUT2D eigenvalue weighted by molar-refractivity contribution is 6.42. The van der Waals surface area contributed by atoms with Crippen molar-refractivity contribution in [1.29, 1.82) is 0 Å². The van der Waals surface area contributed by atoms with Crippen molar-refractivity contribution < 1.29 is 18.6 Å². The molecule has 0 unspecified atom stereocenters. The molecule has 34 heavy (non-hydrogen) atoms. The predicted molar refractivity (Wildman–Crippen MR) is 131 cm³/mol. The maximum absolute atomic E-state index is 13.4. The molecule has 2 heterocycles. The summed E-state index contributed by atoms with van der Waals surface area (Å²) in [6.07, 6.45) is 0. The second-order valence-electron chi connectivity index (χ2n) is 8.00. The molecule has 0 radical (unpaired) electrons. The van der Waals surface area contributed by atoms with E-state index in [1.54, 1.807) is 44.4 Å². The molecule has 0 spiro atoms. The molecule has 0 saturated heterocycles. The quantitative estimate of drug-likeness (QED) is 0.311. The number of methoxy groups -OCH3 is 1. The Balaban J connectivity index is 1.50. The molecule has 8 heteroatoms. The fourth-order valence-electron chi connectivity index (χ4n) is 4.03. The number of benzene rings is 3. The summed E-state index contributed by atoms with van der Waals surface area (Å²) in [7, 11) is 1.55. The number of hydrogen-bond donors (Lipinski definition) is 0. The van der Waals surface area contributed by atoms with Crippen LogP contribution in [0, 0.1) is 6.92 Å². The van der Waals surface area contributed by atoms with Gasteiger partial charge in [-0.05, 0) is 48.9 Å². The van der Waals surface area contributed by atoms with Crippen LogP contribution in [-0.2, 0) is 13.1 Å². The predicted octanol–water partition coefficient (Wildman–Crippen LogP) is 6.56. The molecule has 0 saturated carbocycles. The summed E-state index contributed by atoms with van der Waals surface area (Å²) in [4.78, 5) is 15.5. The molecular formula is C26H21Cl2NO5. The second-order valence-corrected chi connectivity index (χ2v) is 8.81. The van der Waals surface area contributed by atoms with Gasteiger partial charge in [0.25, 0.3) is 0 Å². The zero-order valence-electron chi connectivity index (χ0n) is 18.6. The standard InChI is InChI=1S/C26H21Cl2NO5/c1-15-25(34-23-6-4-3-5-22(23)31-2)24(30)17-8-10-21-18(26(17)33-15)13-29(14-32-21)12-16-7-9-19(27)20(28)11-16/h3-11H,12-14H2,1-2H3. The van der Waals surface area contributed by atoms with Crippen molar-refractivity contribution in [2.24, 2.45) is 0 Å². The normalized spacial score (nSPS) is 13.4.